The number of alkyl halides is 1. The maximum absolute atomic E-state index is 3.87. The fraction of sp³-hybridized carbons (Fsp3) is 0.200. The molecule has 0 saturated carbocycles. The lowest BCUT2D eigenvalue weighted by Crippen LogP contribution is -1.79. The van der Waals surface area contributed by atoms with Gasteiger partial charge in [-0.15, -0.1) is 0 Å². The third-order valence-electron chi connectivity index (χ3n) is 1.60. The number of halogens is 1. The second-order valence-corrected chi connectivity index (χ2v) is 3.17. The molecule has 0 amide bonds. The molecule has 1 aromatic rings. The van der Waals surface area contributed by atoms with Crippen molar-refractivity contribution in [2.45, 2.75) is 12.3 Å². The third-order valence-corrected chi connectivity index (χ3v) is 2.25. The van der Waals surface area contributed by atoms with Crippen molar-refractivity contribution in [1.29, 1.82) is 0 Å². The van der Waals surface area contributed by atoms with Crippen molar-refractivity contribution in [3.05, 3.63) is 42.0 Å². The Balaban J connectivity index is 2.91. The molecule has 11 heavy (non-hydrogen) atoms. The zero-order valence-electron chi connectivity index (χ0n) is 6.60. The fourth-order valence-corrected chi connectivity index (χ4v) is 1.25. The van der Waals surface area contributed by atoms with Gasteiger partial charge in [0.1, 0.15) is 0 Å². The lowest BCUT2D eigenvalue weighted by molar-refractivity contribution is 1.42. The van der Waals surface area contributed by atoms with E-state index >= 15 is 0 Å². The van der Waals surface area contributed by atoms with Gasteiger partial charge in [-0.2, -0.15) is 0 Å². The molecule has 58 valence electrons. The van der Waals surface area contributed by atoms with Crippen LogP contribution < -0.4 is 0 Å². The van der Waals surface area contributed by atoms with Crippen molar-refractivity contribution in [2.75, 3.05) is 0 Å². The molecule has 1 aromatic carbocycles. The van der Waals surface area contributed by atoms with E-state index in [1.54, 1.807) is 0 Å². The Bertz CT molecular complexity index is 246. The molecule has 0 saturated heterocycles. The summed E-state index contributed by atoms with van der Waals surface area (Å²) in [5.74, 6) is 0. The summed E-state index contributed by atoms with van der Waals surface area (Å²) >= 11 is 3.40. The summed E-state index contributed by atoms with van der Waals surface area (Å²) < 4.78 is 0. The number of rotatable bonds is 2. The Morgan fingerprint density at radius 3 is 2.27 bits per heavy atom. The second kappa shape index (κ2) is 3.72. The molecule has 0 spiro atoms. The van der Waals surface area contributed by atoms with Crippen LogP contribution in [0.25, 0.3) is 5.57 Å². The average Bonchev–Trinajstić information content (AvgIpc) is 2.05. The van der Waals surface area contributed by atoms with Gasteiger partial charge in [0.2, 0.25) is 0 Å². The molecule has 0 heterocycles. The lowest BCUT2D eigenvalue weighted by Gasteiger charge is -1.99. The Labute approximate surface area is 76.1 Å². The Hall–Kier alpha value is -0.560. The highest BCUT2D eigenvalue weighted by Crippen LogP contribution is 2.13. The lowest BCUT2D eigenvalue weighted by atomic mass is 10.1. The zero-order valence-corrected chi connectivity index (χ0v) is 8.19. The third kappa shape index (κ3) is 2.19. The minimum absolute atomic E-state index is 0.920. The molecular formula is C10H11Br. The van der Waals surface area contributed by atoms with Gasteiger partial charge in [-0.1, -0.05) is 52.3 Å². The van der Waals surface area contributed by atoms with E-state index in [-0.39, 0.29) is 0 Å². The van der Waals surface area contributed by atoms with Crippen molar-refractivity contribution < 1.29 is 0 Å². The number of benzene rings is 1. The quantitative estimate of drug-likeness (QED) is 0.655. The van der Waals surface area contributed by atoms with Gasteiger partial charge in [0.25, 0.3) is 0 Å². The summed E-state index contributed by atoms with van der Waals surface area (Å²) in [4.78, 5) is 0. The largest absolute Gasteiger partial charge is 0.0955 e. The van der Waals surface area contributed by atoms with Gasteiger partial charge >= 0.3 is 0 Å². The van der Waals surface area contributed by atoms with Crippen molar-refractivity contribution in [1.82, 2.24) is 0 Å². The van der Waals surface area contributed by atoms with E-state index < -0.39 is 0 Å². The summed E-state index contributed by atoms with van der Waals surface area (Å²) in [6.07, 6.45) is 0. The molecule has 0 fully saturated rings. The molecule has 0 aliphatic heterocycles. The molecule has 0 aromatic heterocycles. The molecular weight excluding hydrogens is 200 g/mol. The maximum Gasteiger partial charge on any atom is 0.0283 e. The van der Waals surface area contributed by atoms with E-state index in [0.717, 1.165) is 10.9 Å². The van der Waals surface area contributed by atoms with E-state index in [1.807, 2.05) is 6.92 Å². The normalized spacial score (nSPS) is 9.64. The smallest absolute Gasteiger partial charge is 0.0283 e. The van der Waals surface area contributed by atoms with Crippen LogP contribution in [0.15, 0.2) is 30.8 Å². The minimum atomic E-state index is 0.920. The number of hydrogen-bond donors (Lipinski definition) is 0. The van der Waals surface area contributed by atoms with Gasteiger partial charge < -0.3 is 0 Å². The van der Waals surface area contributed by atoms with E-state index in [0.29, 0.717) is 0 Å². The molecule has 0 aliphatic carbocycles. The first-order valence-electron chi connectivity index (χ1n) is 3.55. The van der Waals surface area contributed by atoms with Crippen molar-refractivity contribution in [3.63, 3.8) is 0 Å². The monoisotopic (exact) mass is 210 g/mol. The molecule has 1 rings (SSSR count). The Morgan fingerprint density at radius 2 is 1.91 bits per heavy atom. The second-order valence-electron chi connectivity index (χ2n) is 2.61. The van der Waals surface area contributed by atoms with Crippen LogP contribution in [-0.2, 0) is 5.33 Å². The Morgan fingerprint density at radius 1 is 1.36 bits per heavy atom. The van der Waals surface area contributed by atoms with Crippen LogP contribution >= 0.6 is 15.9 Å². The van der Waals surface area contributed by atoms with Gasteiger partial charge in [-0.25, -0.2) is 0 Å². The van der Waals surface area contributed by atoms with Crippen LogP contribution in [0.2, 0.25) is 0 Å². The highest BCUT2D eigenvalue weighted by atomic mass is 79.9. The van der Waals surface area contributed by atoms with Crippen LogP contribution in [0.3, 0.4) is 0 Å². The van der Waals surface area contributed by atoms with Crippen LogP contribution in [0.5, 0.6) is 0 Å². The van der Waals surface area contributed by atoms with Gasteiger partial charge in [-0.3, -0.25) is 0 Å². The summed E-state index contributed by atoms with van der Waals surface area (Å²) in [5, 5.41) is 0.920. The highest BCUT2D eigenvalue weighted by Gasteiger charge is 1.92. The predicted molar refractivity (Wildman–Crippen MR) is 53.8 cm³/mol. The highest BCUT2D eigenvalue weighted by molar-refractivity contribution is 9.08. The molecule has 0 nitrogen and oxygen atoms in total. The molecule has 0 bridgehead atoms. The van der Waals surface area contributed by atoms with Gasteiger partial charge in [0.15, 0.2) is 0 Å². The topological polar surface area (TPSA) is 0 Å². The molecule has 0 unspecified atom stereocenters. The fourth-order valence-electron chi connectivity index (χ4n) is 0.878. The first-order chi connectivity index (χ1) is 5.24. The minimum Gasteiger partial charge on any atom is -0.0955 e. The van der Waals surface area contributed by atoms with E-state index in [2.05, 4.69) is 46.8 Å². The first-order valence-corrected chi connectivity index (χ1v) is 4.67. The van der Waals surface area contributed by atoms with Gasteiger partial charge in [0.05, 0.1) is 0 Å². The Kier molecular flexibility index (Phi) is 2.89. The van der Waals surface area contributed by atoms with Crippen LogP contribution in [0, 0.1) is 0 Å². The van der Waals surface area contributed by atoms with Gasteiger partial charge in [-0.05, 0) is 18.1 Å². The van der Waals surface area contributed by atoms with Crippen LogP contribution in [-0.4, -0.2) is 0 Å². The van der Waals surface area contributed by atoms with Gasteiger partial charge in [0, 0.05) is 5.33 Å². The molecule has 0 atom stereocenters. The SMILES string of the molecule is C=C(C)c1ccc(CBr)cc1. The zero-order chi connectivity index (χ0) is 8.27. The molecule has 0 radical (unpaired) electrons. The van der Waals surface area contributed by atoms with Crippen molar-refractivity contribution in [3.8, 4) is 0 Å². The van der Waals surface area contributed by atoms with Crippen molar-refractivity contribution in [2.24, 2.45) is 0 Å². The summed E-state index contributed by atoms with van der Waals surface area (Å²) in [5.41, 5.74) is 3.64. The summed E-state index contributed by atoms with van der Waals surface area (Å²) in [6.45, 7) is 5.89. The van der Waals surface area contributed by atoms with E-state index in [1.165, 1.54) is 11.1 Å². The van der Waals surface area contributed by atoms with Crippen LogP contribution in [0.1, 0.15) is 18.1 Å². The van der Waals surface area contributed by atoms with E-state index in [9.17, 15) is 0 Å². The molecule has 0 N–H and O–H groups in total. The molecule has 0 aliphatic rings. The summed E-state index contributed by atoms with van der Waals surface area (Å²) in [6, 6.07) is 8.41. The van der Waals surface area contributed by atoms with E-state index in [4.69, 9.17) is 0 Å². The van der Waals surface area contributed by atoms with Crippen LogP contribution in [0.4, 0.5) is 0 Å². The first kappa shape index (κ1) is 8.54. The average molecular weight is 211 g/mol. The predicted octanol–water partition coefficient (Wildman–Crippen LogP) is 3.61. The standard InChI is InChI=1S/C10H11Br/c1-8(2)10-5-3-9(7-11)4-6-10/h3-6H,1,7H2,2H3. The number of allylic oxidation sites excluding steroid dienone is 1. The maximum atomic E-state index is 3.87. The van der Waals surface area contributed by atoms with Crippen molar-refractivity contribution >= 4 is 21.5 Å². The summed E-state index contributed by atoms with van der Waals surface area (Å²) in [7, 11) is 0. The molecule has 1 heteroatoms. The number of hydrogen-bond acceptors (Lipinski definition) is 0.